The Labute approximate surface area is 99.9 Å². The molecule has 0 unspecified atom stereocenters. The second-order valence-electron chi connectivity index (χ2n) is 4.17. The zero-order valence-corrected chi connectivity index (χ0v) is 10.2. The minimum absolute atomic E-state index is 0.320. The van der Waals surface area contributed by atoms with E-state index in [1.54, 1.807) is 12.3 Å². The van der Waals surface area contributed by atoms with Crippen molar-refractivity contribution in [2.24, 2.45) is 5.84 Å². The van der Waals surface area contributed by atoms with Gasteiger partial charge in [-0.3, -0.25) is 4.68 Å². The predicted molar refractivity (Wildman–Crippen MR) is 66.2 cm³/mol. The number of hydrogen-bond acceptors (Lipinski definition) is 5. The number of nitrogens with two attached hydrogens (primary N) is 1. The highest BCUT2D eigenvalue weighted by atomic mass is 15.3. The SMILES string of the molecule is Cc1cc(NN)nc(-c2cnn(C(C)C)c2)n1. The van der Waals surface area contributed by atoms with Crippen LogP contribution in [-0.2, 0) is 0 Å². The number of nitrogens with one attached hydrogen (secondary N) is 1. The van der Waals surface area contributed by atoms with Gasteiger partial charge in [0.25, 0.3) is 0 Å². The van der Waals surface area contributed by atoms with Gasteiger partial charge in [-0.25, -0.2) is 15.8 Å². The Hall–Kier alpha value is -1.95. The van der Waals surface area contributed by atoms with Crippen LogP contribution in [0.1, 0.15) is 25.6 Å². The zero-order valence-electron chi connectivity index (χ0n) is 10.2. The van der Waals surface area contributed by atoms with Gasteiger partial charge in [-0.05, 0) is 20.8 Å². The van der Waals surface area contributed by atoms with Crippen molar-refractivity contribution in [3.63, 3.8) is 0 Å². The van der Waals surface area contributed by atoms with E-state index in [1.165, 1.54) is 0 Å². The van der Waals surface area contributed by atoms with Crippen LogP contribution in [-0.4, -0.2) is 19.7 Å². The van der Waals surface area contributed by atoms with Gasteiger partial charge in [-0.15, -0.1) is 0 Å². The Kier molecular flexibility index (Phi) is 3.06. The van der Waals surface area contributed by atoms with Crippen LogP contribution in [0.2, 0.25) is 0 Å². The van der Waals surface area contributed by atoms with Gasteiger partial charge in [-0.2, -0.15) is 5.10 Å². The van der Waals surface area contributed by atoms with Crippen molar-refractivity contribution in [3.05, 3.63) is 24.2 Å². The van der Waals surface area contributed by atoms with Crippen LogP contribution in [0.4, 0.5) is 5.82 Å². The van der Waals surface area contributed by atoms with Gasteiger partial charge in [0.15, 0.2) is 5.82 Å². The van der Waals surface area contributed by atoms with Gasteiger partial charge < -0.3 is 5.43 Å². The Bertz CT molecular complexity index is 516. The van der Waals surface area contributed by atoms with Gasteiger partial charge in [0, 0.05) is 24.0 Å². The first-order chi connectivity index (χ1) is 8.10. The number of aryl methyl sites for hydroxylation is 1. The number of aromatic nitrogens is 4. The fourth-order valence-corrected chi connectivity index (χ4v) is 1.51. The minimum Gasteiger partial charge on any atom is -0.308 e. The largest absolute Gasteiger partial charge is 0.308 e. The van der Waals surface area contributed by atoms with Crippen molar-refractivity contribution in [1.29, 1.82) is 0 Å². The maximum absolute atomic E-state index is 5.36. The average Bonchev–Trinajstić information content (AvgIpc) is 2.77. The third-order valence-electron chi connectivity index (χ3n) is 2.39. The Morgan fingerprint density at radius 3 is 2.71 bits per heavy atom. The molecule has 6 nitrogen and oxygen atoms in total. The molecule has 2 aromatic rings. The van der Waals surface area contributed by atoms with Crippen molar-refractivity contribution in [3.8, 4) is 11.4 Å². The molecule has 0 aliphatic carbocycles. The number of hydrazine groups is 1. The minimum atomic E-state index is 0.320. The molecule has 0 saturated carbocycles. The van der Waals surface area contributed by atoms with E-state index in [-0.39, 0.29) is 0 Å². The molecule has 0 aliphatic rings. The van der Waals surface area contributed by atoms with Crippen LogP contribution in [0.5, 0.6) is 0 Å². The van der Waals surface area contributed by atoms with Crippen molar-refractivity contribution in [2.75, 3.05) is 5.43 Å². The molecule has 0 aliphatic heterocycles. The molecule has 2 aromatic heterocycles. The number of nitrogen functional groups attached to an aromatic ring is 1. The fraction of sp³-hybridized carbons (Fsp3) is 0.364. The Morgan fingerprint density at radius 1 is 1.35 bits per heavy atom. The fourth-order valence-electron chi connectivity index (χ4n) is 1.51. The van der Waals surface area contributed by atoms with Crippen LogP contribution in [0.15, 0.2) is 18.5 Å². The van der Waals surface area contributed by atoms with E-state index in [1.807, 2.05) is 17.8 Å². The quantitative estimate of drug-likeness (QED) is 0.619. The molecule has 0 spiro atoms. The van der Waals surface area contributed by atoms with E-state index in [4.69, 9.17) is 5.84 Å². The lowest BCUT2D eigenvalue weighted by Gasteiger charge is -2.04. The molecule has 0 bridgehead atoms. The molecular formula is C11H16N6. The standard InChI is InChI=1S/C11H16N6/c1-7(2)17-6-9(5-13-17)11-14-8(3)4-10(15-11)16-12/h4-7H,12H2,1-3H3,(H,14,15,16). The summed E-state index contributed by atoms with van der Waals surface area (Å²) in [6, 6.07) is 2.11. The normalized spacial score (nSPS) is 10.9. The van der Waals surface area contributed by atoms with Crippen LogP contribution in [0, 0.1) is 6.92 Å². The molecule has 90 valence electrons. The molecule has 3 N–H and O–H groups in total. The van der Waals surface area contributed by atoms with Gasteiger partial charge in [0.1, 0.15) is 5.82 Å². The summed E-state index contributed by atoms with van der Waals surface area (Å²) >= 11 is 0. The highest BCUT2D eigenvalue weighted by Crippen LogP contribution is 2.18. The summed E-state index contributed by atoms with van der Waals surface area (Å²) in [5, 5.41) is 4.26. The first-order valence-corrected chi connectivity index (χ1v) is 5.47. The van der Waals surface area contributed by atoms with Crippen molar-refractivity contribution < 1.29 is 0 Å². The number of hydrogen-bond donors (Lipinski definition) is 2. The van der Waals surface area contributed by atoms with E-state index < -0.39 is 0 Å². The third kappa shape index (κ3) is 2.42. The van der Waals surface area contributed by atoms with Crippen LogP contribution in [0.3, 0.4) is 0 Å². The number of nitrogens with zero attached hydrogens (tertiary/aromatic N) is 4. The lowest BCUT2D eigenvalue weighted by atomic mass is 10.3. The summed E-state index contributed by atoms with van der Waals surface area (Å²) < 4.78 is 1.87. The molecule has 0 radical (unpaired) electrons. The molecule has 0 saturated heterocycles. The van der Waals surface area contributed by atoms with E-state index in [2.05, 4.69) is 34.3 Å². The molecule has 0 aromatic carbocycles. The van der Waals surface area contributed by atoms with Crippen LogP contribution < -0.4 is 11.3 Å². The van der Waals surface area contributed by atoms with Gasteiger partial charge in [-0.1, -0.05) is 0 Å². The molecule has 17 heavy (non-hydrogen) atoms. The number of rotatable bonds is 3. The first-order valence-electron chi connectivity index (χ1n) is 5.47. The summed E-state index contributed by atoms with van der Waals surface area (Å²) in [6.45, 7) is 6.04. The average molecular weight is 232 g/mol. The molecular weight excluding hydrogens is 216 g/mol. The summed E-state index contributed by atoms with van der Waals surface area (Å²) in [7, 11) is 0. The van der Waals surface area contributed by atoms with E-state index in [9.17, 15) is 0 Å². The second kappa shape index (κ2) is 4.50. The van der Waals surface area contributed by atoms with E-state index in [0.29, 0.717) is 17.7 Å². The molecule has 6 heteroatoms. The molecule has 0 atom stereocenters. The molecule has 2 heterocycles. The third-order valence-corrected chi connectivity index (χ3v) is 2.39. The monoisotopic (exact) mass is 232 g/mol. The van der Waals surface area contributed by atoms with Crippen molar-refractivity contribution in [2.45, 2.75) is 26.8 Å². The Balaban J connectivity index is 2.41. The second-order valence-corrected chi connectivity index (χ2v) is 4.17. The highest BCUT2D eigenvalue weighted by molar-refractivity contribution is 5.55. The topological polar surface area (TPSA) is 81.6 Å². The smallest absolute Gasteiger partial charge is 0.164 e. The van der Waals surface area contributed by atoms with Crippen LogP contribution in [0.25, 0.3) is 11.4 Å². The summed E-state index contributed by atoms with van der Waals surface area (Å²) in [5.74, 6) is 6.59. The van der Waals surface area contributed by atoms with Gasteiger partial charge in [0.05, 0.1) is 11.8 Å². The summed E-state index contributed by atoms with van der Waals surface area (Å²) in [6.07, 6.45) is 3.69. The lowest BCUT2D eigenvalue weighted by Crippen LogP contribution is -2.09. The lowest BCUT2D eigenvalue weighted by molar-refractivity contribution is 0.532. The maximum atomic E-state index is 5.36. The van der Waals surface area contributed by atoms with Gasteiger partial charge in [0.2, 0.25) is 0 Å². The number of anilines is 1. The predicted octanol–water partition coefficient (Wildman–Crippen LogP) is 1.52. The molecule has 0 fully saturated rings. The molecule has 0 amide bonds. The van der Waals surface area contributed by atoms with Crippen LogP contribution >= 0.6 is 0 Å². The van der Waals surface area contributed by atoms with E-state index >= 15 is 0 Å². The van der Waals surface area contributed by atoms with Crippen molar-refractivity contribution in [1.82, 2.24) is 19.7 Å². The Morgan fingerprint density at radius 2 is 2.12 bits per heavy atom. The van der Waals surface area contributed by atoms with Gasteiger partial charge >= 0.3 is 0 Å². The zero-order chi connectivity index (χ0) is 12.4. The maximum Gasteiger partial charge on any atom is 0.164 e. The first kappa shape index (κ1) is 11.5. The van der Waals surface area contributed by atoms with E-state index in [0.717, 1.165) is 11.3 Å². The summed E-state index contributed by atoms with van der Waals surface area (Å²) in [5.41, 5.74) is 4.28. The van der Waals surface area contributed by atoms with Crippen molar-refractivity contribution >= 4 is 5.82 Å². The summed E-state index contributed by atoms with van der Waals surface area (Å²) in [4.78, 5) is 8.66. The highest BCUT2D eigenvalue weighted by Gasteiger charge is 2.08. The molecule has 2 rings (SSSR count).